The van der Waals surface area contributed by atoms with Crippen LogP contribution in [0, 0.1) is 0 Å². The standard InChI is InChI=1S/C17H13BrO2S/c1-2-20-14-8-7-12(18)9-11(14)10-16-17(19)13-5-3-4-6-15(13)21-16/h3-10H,2H2,1H3. The van der Waals surface area contributed by atoms with E-state index in [0.717, 1.165) is 31.1 Å². The smallest absolute Gasteiger partial charge is 0.200 e. The van der Waals surface area contributed by atoms with Crippen molar-refractivity contribution in [3.8, 4) is 5.75 Å². The van der Waals surface area contributed by atoms with Crippen LogP contribution in [-0.4, -0.2) is 12.4 Å². The molecule has 0 aromatic heterocycles. The first-order valence-electron chi connectivity index (χ1n) is 6.64. The Kier molecular flexibility index (Phi) is 4.17. The summed E-state index contributed by atoms with van der Waals surface area (Å²) in [5.74, 6) is 0.871. The average Bonchev–Trinajstić information content (AvgIpc) is 2.79. The maximum absolute atomic E-state index is 12.4. The lowest BCUT2D eigenvalue weighted by atomic mass is 10.1. The van der Waals surface area contributed by atoms with Crippen LogP contribution in [0.5, 0.6) is 5.75 Å². The van der Waals surface area contributed by atoms with Crippen molar-refractivity contribution in [2.24, 2.45) is 0 Å². The molecule has 1 heterocycles. The molecule has 2 nitrogen and oxygen atoms in total. The van der Waals surface area contributed by atoms with Gasteiger partial charge in [0.1, 0.15) is 5.75 Å². The quantitative estimate of drug-likeness (QED) is 0.705. The molecule has 0 radical (unpaired) electrons. The van der Waals surface area contributed by atoms with Crippen LogP contribution in [0.3, 0.4) is 0 Å². The first-order valence-corrected chi connectivity index (χ1v) is 8.25. The van der Waals surface area contributed by atoms with Crippen molar-refractivity contribution in [2.75, 3.05) is 6.61 Å². The molecule has 3 rings (SSSR count). The fourth-order valence-corrected chi connectivity index (χ4v) is 3.62. The van der Waals surface area contributed by atoms with Gasteiger partial charge in [-0.3, -0.25) is 4.79 Å². The predicted molar refractivity (Wildman–Crippen MR) is 89.9 cm³/mol. The Hall–Kier alpha value is -1.52. The number of halogens is 1. The lowest BCUT2D eigenvalue weighted by Crippen LogP contribution is -1.96. The Morgan fingerprint density at radius 3 is 2.81 bits per heavy atom. The van der Waals surface area contributed by atoms with Gasteiger partial charge in [0.15, 0.2) is 0 Å². The van der Waals surface area contributed by atoms with Crippen molar-refractivity contribution < 1.29 is 9.53 Å². The molecule has 0 aliphatic carbocycles. The lowest BCUT2D eigenvalue weighted by molar-refractivity contribution is 0.104. The second kappa shape index (κ2) is 6.08. The van der Waals surface area contributed by atoms with Crippen molar-refractivity contribution >= 4 is 39.6 Å². The molecule has 0 unspecified atom stereocenters. The molecule has 1 aliphatic rings. The van der Waals surface area contributed by atoms with E-state index < -0.39 is 0 Å². The zero-order chi connectivity index (χ0) is 14.8. The van der Waals surface area contributed by atoms with Gasteiger partial charge in [0.05, 0.1) is 11.5 Å². The summed E-state index contributed by atoms with van der Waals surface area (Å²) >= 11 is 4.98. The number of carbonyl (C=O) groups excluding carboxylic acids is 1. The van der Waals surface area contributed by atoms with Gasteiger partial charge in [-0.2, -0.15) is 0 Å². The minimum Gasteiger partial charge on any atom is -0.493 e. The number of hydrogen-bond acceptors (Lipinski definition) is 3. The van der Waals surface area contributed by atoms with Crippen molar-refractivity contribution in [3.63, 3.8) is 0 Å². The molecule has 0 atom stereocenters. The molecule has 0 amide bonds. The van der Waals surface area contributed by atoms with E-state index in [1.807, 2.05) is 55.5 Å². The zero-order valence-electron chi connectivity index (χ0n) is 11.4. The van der Waals surface area contributed by atoms with Crippen molar-refractivity contribution in [1.82, 2.24) is 0 Å². The van der Waals surface area contributed by atoms with Gasteiger partial charge in [0, 0.05) is 20.5 Å². The number of ketones is 1. The minimum absolute atomic E-state index is 0.0815. The highest BCUT2D eigenvalue weighted by Crippen LogP contribution is 2.41. The van der Waals surface area contributed by atoms with Gasteiger partial charge in [0.2, 0.25) is 5.78 Å². The Bertz CT molecular complexity index is 737. The average molecular weight is 361 g/mol. The molecule has 0 fully saturated rings. The van der Waals surface area contributed by atoms with Gasteiger partial charge >= 0.3 is 0 Å². The molecule has 0 N–H and O–H groups in total. The van der Waals surface area contributed by atoms with Crippen LogP contribution in [0.2, 0.25) is 0 Å². The Balaban J connectivity index is 2.01. The van der Waals surface area contributed by atoms with Crippen LogP contribution in [0.1, 0.15) is 22.8 Å². The summed E-state index contributed by atoms with van der Waals surface area (Å²) in [6, 6.07) is 13.5. The zero-order valence-corrected chi connectivity index (χ0v) is 13.8. The molecule has 0 saturated carbocycles. The molecule has 4 heteroatoms. The van der Waals surface area contributed by atoms with E-state index in [2.05, 4.69) is 15.9 Å². The summed E-state index contributed by atoms with van der Waals surface area (Å²) < 4.78 is 6.59. The number of rotatable bonds is 3. The molecule has 1 aliphatic heterocycles. The van der Waals surface area contributed by atoms with Crippen molar-refractivity contribution in [3.05, 3.63) is 63.0 Å². The number of ether oxygens (including phenoxy) is 1. The highest BCUT2D eigenvalue weighted by molar-refractivity contribution is 9.10. The van der Waals surface area contributed by atoms with E-state index in [1.165, 1.54) is 11.8 Å². The lowest BCUT2D eigenvalue weighted by Gasteiger charge is -2.08. The normalized spacial score (nSPS) is 15.3. The van der Waals surface area contributed by atoms with E-state index in [9.17, 15) is 4.79 Å². The molecule has 0 saturated heterocycles. The van der Waals surface area contributed by atoms with Crippen LogP contribution in [0.15, 0.2) is 56.7 Å². The van der Waals surface area contributed by atoms with Gasteiger partial charge < -0.3 is 4.74 Å². The number of Topliss-reactive ketones (excluding diaryl/α,β-unsaturated/α-hetero) is 1. The van der Waals surface area contributed by atoms with Crippen LogP contribution < -0.4 is 4.74 Å². The fourth-order valence-electron chi connectivity index (χ4n) is 2.20. The van der Waals surface area contributed by atoms with Crippen LogP contribution in [0.4, 0.5) is 0 Å². The molecule has 2 aromatic carbocycles. The van der Waals surface area contributed by atoms with Crippen molar-refractivity contribution in [2.45, 2.75) is 11.8 Å². The van der Waals surface area contributed by atoms with Gasteiger partial charge in [0.25, 0.3) is 0 Å². The summed E-state index contributed by atoms with van der Waals surface area (Å²) in [7, 11) is 0. The van der Waals surface area contributed by atoms with Gasteiger partial charge in [-0.05, 0) is 43.3 Å². The molecule has 0 spiro atoms. The first kappa shape index (κ1) is 14.4. The van der Waals surface area contributed by atoms with E-state index in [1.54, 1.807) is 0 Å². The maximum atomic E-state index is 12.4. The number of carbonyl (C=O) groups is 1. The molecular weight excluding hydrogens is 348 g/mol. The maximum Gasteiger partial charge on any atom is 0.200 e. The third-order valence-corrected chi connectivity index (χ3v) is 4.73. The second-order valence-corrected chi connectivity index (χ2v) is 6.55. The number of fused-ring (bicyclic) bond motifs is 1. The van der Waals surface area contributed by atoms with Gasteiger partial charge in [-0.15, -0.1) is 0 Å². The summed E-state index contributed by atoms with van der Waals surface area (Å²) in [4.78, 5) is 14.2. The summed E-state index contributed by atoms with van der Waals surface area (Å²) in [6.45, 7) is 2.55. The molecule has 0 bridgehead atoms. The minimum atomic E-state index is 0.0815. The third kappa shape index (κ3) is 2.92. The Labute approximate surface area is 136 Å². The number of hydrogen-bond donors (Lipinski definition) is 0. The Morgan fingerprint density at radius 2 is 2.05 bits per heavy atom. The molecule has 106 valence electrons. The number of allylic oxidation sites excluding steroid dienone is 1. The molecule has 21 heavy (non-hydrogen) atoms. The monoisotopic (exact) mass is 360 g/mol. The number of benzene rings is 2. The summed E-state index contributed by atoms with van der Waals surface area (Å²) in [6.07, 6.45) is 1.91. The third-order valence-electron chi connectivity index (χ3n) is 3.13. The van der Waals surface area contributed by atoms with Crippen LogP contribution in [0.25, 0.3) is 6.08 Å². The molecular formula is C17H13BrO2S. The summed E-state index contributed by atoms with van der Waals surface area (Å²) in [5.41, 5.74) is 1.69. The highest BCUT2D eigenvalue weighted by atomic mass is 79.9. The van der Waals surface area contributed by atoms with Gasteiger partial charge in [-0.1, -0.05) is 39.8 Å². The van der Waals surface area contributed by atoms with E-state index in [-0.39, 0.29) is 5.78 Å². The fraction of sp³-hybridized carbons (Fsp3) is 0.118. The van der Waals surface area contributed by atoms with Gasteiger partial charge in [-0.25, -0.2) is 0 Å². The number of thioether (sulfide) groups is 1. The highest BCUT2D eigenvalue weighted by Gasteiger charge is 2.25. The largest absolute Gasteiger partial charge is 0.493 e. The van der Waals surface area contributed by atoms with E-state index in [4.69, 9.17) is 4.74 Å². The van der Waals surface area contributed by atoms with Crippen molar-refractivity contribution in [1.29, 1.82) is 0 Å². The van der Waals surface area contributed by atoms with E-state index >= 15 is 0 Å². The Morgan fingerprint density at radius 1 is 1.24 bits per heavy atom. The predicted octanol–water partition coefficient (Wildman–Crippen LogP) is 5.18. The topological polar surface area (TPSA) is 26.3 Å². The second-order valence-electron chi connectivity index (χ2n) is 4.55. The van der Waals surface area contributed by atoms with Crippen LogP contribution in [-0.2, 0) is 0 Å². The van der Waals surface area contributed by atoms with E-state index in [0.29, 0.717) is 6.61 Å². The van der Waals surface area contributed by atoms with Crippen LogP contribution >= 0.6 is 27.7 Å². The SMILES string of the molecule is CCOc1ccc(Br)cc1C=C1Sc2ccccc2C1=O. The first-order chi connectivity index (χ1) is 10.2. The summed E-state index contributed by atoms with van der Waals surface area (Å²) in [5, 5.41) is 0. The molecule has 2 aromatic rings.